The van der Waals surface area contributed by atoms with Gasteiger partial charge < -0.3 is 9.47 Å². The van der Waals surface area contributed by atoms with Crippen molar-refractivity contribution >= 4 is 0 Å². The number of piperazine rings is 1. The van der Waals surface area contributed by atoms with Crippen molar-refractivity contribution in [3.63, 3.8) is 0 Å². The van der Waals surface area contributed by atoms with Gasteiger partial charge in [-0.3, -0.25) is 4.90 Å². The summed E-state index contributed by atoms with van der Waals surface area (Å²) in [5.74, 6) is 2.40. The molecule has 0 saturated carbocycles. The summed E-state index contributed by atoms with van der Waals surface area (Å²) in [6.45, 7) is 10.3. The van der Waals surface area contributed by atoms with E-state index in [1.165, 1.54) is 70.1 Å². The van der Waals surface area contributed by atoms with E-state index in [-0.39, 0.29) is 0 Å². The Morgan fingerprint density at radius 1 is 0.900 bits per heavy atom. The molecule has 1 fully saturated rings. The summed E-state index contributed by atoms with van der Waals surface area (Å²) in [4.78, 5) is 5.11. The van der Waals surface area contributed by atoms with Crippen molar-refractivity contribution in [1.82, 2.24) is 24.6 Å². The van der Waals surface area contributed by atoms with Crippen molar-refractivity contribution in [3.8, 4) is 0 Å². The van der Waals surface area contributed by atoms with Crippen molar-refractivity contribution < 1.29 is 0 Å². The Morgan fingerprint density at radius 2 is 1.70 bits per heavy atom. The first-order valence-corrected chi connectivity index (χ1v) is 8.22. The number of aromatic nitrogens is 3. The van der Waals surface area contributed by atoms with Gasteiger partial charge in [0.2, 0.25) is 0 Å². The first kappa shape index (κ1) is 14.0. The maximum Gasteiger partial charge on any atom is 0.147 e. The van der Waals surface area contributed by atoms with Gasteiger partial charge in [-0.05, 0) is 25.8 Å². The SMILES string of the molecule is CCCN1CCN(Cc2nnc3n2CCCCC3)CC1. The van der Waals surface area contributed by atoms with Crippen molar-refractivity contribution in [1.29, 1.82) is 0 Å². The maximum absolute atomic E-state index is 4.45. The third kappa shape index (κ3) is 3.20. The predicted octanol–water partition coefficient (Wildman–Crippen LogP) is 1.53. The third-order valence-electron chi connectivity index (χ3n) is 4.56. The molecule has 0 radical (unpaired) electrons. The van der Waals surface area contributed by atoms with Gasteiger partial charge in [-0.1, -0.05) is 13.3 Å². The maximum atomic E-state index is 4.45. The lowest BCUT2D eigenvalue weighted by molar-refractivity contribution is 0.124. The van der Waals surface area contributed by atoms with Gasteiger partial charge in [0.05, 0.1) is 6.54 Å². The minimum Gasteiger partial charge on any atom is -0.314 e. The van der Waals surface area contributed by atoms with Gasteiger partial charge in [-0.15, -0.1) is 10.2 Å². The van der Waals surface area contributed by atoms with Gasteiger partial charge in [0.15, 0.2) is 0 Å². The van der Waals surface area contributed by atoms with E-state index in [1.54, 1.807) is 0 Å². The standard InChI is InChI=1S/C15H27N5/c1-2-7-18-9-11-19(12-10-18)13-15-17-16-14-6-4-3-5-8-20(14)15/h2-13H2,1H3. The first-order chi connectivity index (χ1) is 9.86. The zero-order valence-electron chi connectivity index (χ0n) is 12.7. The summed E-state index contributed by atoms with van der Waals surface area (Å²) in [6, 6.07) is 0. The van der Waals surface area contributed by atoms with Crippen LogP contribution < -0.4 is 0 Å². The molecule has 5 heteroatoms. The minimum absolute atomic E-state index is 0.979. The molecular formula is C15H27N5. The Morgan fingerprint density at radius 3 is 2.50 bits per heavy atom. The van der Waals surface area contributed by atoms with Crippen LogP contribution in [0.2, 0.25) is 0 Å². The van der Waals surface area contributed by atoms with Crippen LogP contribution in [0.25, 0.3) is 0 Å². The van der Waals surface area contributed by atoms with Gasteiger partial charge in [-0.2, -0.15) is 0 Å². The van der Waals surface area contributed by atoms with Gasteiger partial charge in [0, 0.05) is 39.1 Å². The monoisotopic (exact) mass is 277 g/mol. The van der Waals surface area contributed by atoms with Crippen LogP contribution in [0.15, 0.2) is 0 Å². The molecular weight excluding hydrogens is 250 g/mol. The molecule has 2 aliphatic heterocycles. The average molecular weight is 277 g/mol. The molecule has 0 unspecified atom stereocenters. The lowest BCUT2D eigenvalue weighted by Crippen LogP contribution is -2.46. The normalized spacial score (nSPS) is 21.6. The van der Waals surface area contributed by atoms with E-state index in [2.05, 4.69) is 31.5 Å². The molecule has 0 atom stereocenters. The number of hydrogen-bond acceptors (Lipinski definition) is 4. The molecule has 0 N–H and O–H groups in total. The fraction of sp³-hybridized carbons (Fsp3) is 0.867. The summed E-state index contributed by atoms with van der Waals surface area (Å²) in [6.07, 6.45) is 6.25. The quantitative estimate of drug-likeness (QED) is 0.836. The number of aryl methyl sites for hydroxylation is 1. The fourth-order valence-electron chi connectivity index (χ4n) is 3.35. The van der Waals surface area contributed by atoms with Crippen LogP contribution in [-0.4, -0.2) is 57.3 Å². The number of fused-ring (bicyclic) bond motifs is 1. The fourth-order valence-corrected chi connectivity index (χ4v) is 3.35. The second-order valence-corrected chi connectivity index (χ2v) is 6.11. The van der Waals surface area contributed by atoms with Gasteiger partial charge in [-0.25, -0.2) is 0 Å². The number of nitrogens with zero attached hydrogens (tertiary/aromatic N) is 5. The highest BCUT2D eigenvalue weighted by molar-refractivity contribution is 4.98. The zero-order valence-corrected chi connectivity index (χ0v) is 12.7. The molecule has 5 nitrogen and oxygen atoms in total. The molecule has 1 saturated heterocycles. The second kappa shape index (κ2) is 6.68. The van der Waals surface area contributed by atoms with E-state index in [9.17, 15) is 0 Å². The summed E-state index contributed by atoms with van der Waals surface area (Å²) in [7, 11) is 0. The molecule has 112 valence electrons. The van der Waals surface area contributed by atoms with Crippen molar-refractivity contribution in [2.75, 3.05) is 32.7 Å². The lowest BCUT2D eigenvalue weighted by Gasteiger charge is -2.34. The van der Waals surface area contributed by atoms with Crippen molar-refractivity contribution in [3.05, 3.63) is 11.6 Å². The van der Waals surface area contributed by atoms with Crippen LogP contribution >= 0.6 is 0 Å². The Kier molecular flexibility index (Phi) is 4.68. The molecule has 1 aromatic rings. The smallest absolute Gasteiger partial charge is 0.147 e. The first-order valence-electron chi connectivity index (χ1n) is 8.22. The summed E-state index contributed by atoms with van der Waals surface area (Å²) >= 11 is 0. The molecule has 0 spiro atoms. The Bertz CT molecular complexity index is 420. The third-order valence-corrected chi connectivity index (χ3v) is 4.56. The molecule has 3 rings (SSSR count). The highest BCUT2D eigenvalue weighted by Crippen LogP contribution is 2.16. The van der Waals surface area contributed by atoms with Gasteiger partial charge >= 0.3 is 0 Å². The molecule has 0 amide bonds. The van der Waals surface area contributed by atoms with E-state index < -0.39 is 0 Å². The van der Waals surface area contributed by atoms with Crippen LogP contribution in [0.1, 0.15) is 44.3 Å². The number of rotatable bonds is 4. The second-order valence-electron chi connectivity index (χ2n) is 6.11. The Labute approximate surface area is 122 Å². The average Bonchev–Trinajstić information content (AvgIpc) is 2.70. The van der Waals surface area contributed by atoms with E-state index in [0.29, 0.717) is 0 Å². The van der Waals surface area contributed by atoms with Gasteiger partial charge in [0.25, 0.3) is 0 Å². The Hall–Kier alpha value is -0.940. The molecule has 20 heavy (non-hydrogen) atoms. The number of hydrogen-bond donors (Lipinski definition) is 0. The van der Waals surface area contributed by atoms with E-state index in [0.717, 1.165) is 19.5 Å². The minimum atomic E-state index is 0.979. The van der Waals surface area contributed by atoms with Crippen LogP contribution in [0.4, 0.5) is 0 Å². The van der Waals surface area contributed by atoms with Crippen molar-refractivity contribution in [2.24, 2.45) is 0 Å². The largest absolute Gasteiger partial charge is 0.314 e. The molecule has 0 bridgehead atoms. The summed E-state index contributed by atoms with van der Waals surface area (Å²) in [5, 5.41) is 8.85. The summed E-state index contributed by atoms with van der Waals surface area (Å²) < 4.78 is 2.38. The predicted molar refractivity (Wildman–Crippen MR) is 79.6 cm³/mol. The highest BCUT2D eigenvalue weighted by atomic mass is 15.3. The topological polar surface area (TPSA) is 37.2 Å². The van der Waals surface area contributed by atoms with E-state index in [1.807, 2.05) is 0 Å². The van der Waals surface area contributed by atoms with Crippen LogP contribution in [-0.2, 0) is 19.5 Å². The molecule has 0 aliphatic carbocycles. The van der Waals surface area contributed by atoms with Crippen LogP contribution in [0, 0.1) is 0 Å². The molecule has 3 heterocycles. The van der Waals surface area contributed by atoms with E-state index >= 15 is 0 Å². The molecule has 1 aromatic heterocycles. The highest BCUT2D eigenvalue weighted by Gasteiger charge is 2.20. The van der Waals surface area contributed by atoms with Gasteiger partial charge in [0.1, 0.15) is 11.6 Å². The zero-order chi connectivity index (χ0) is 13.8. The van der Waals surface area contributed by atoms with E-state index in [4.69, 9.17) is 0 Å². The van der Waals surface area contributed by atoms with Crippen LogP contribution in [0.5, 0.6) is 0 Å². The molecule has 0 aromatic carbocycles. The van der Waals surface area contributed by atoms with Crippen molar-refractivity contribution in [2.45, 2.75) is 52.1 Å². The lowest BCUT2D eigenvalue weighted by atomic mass is 10.2. The Balaban J connectivity index is 1.57. The molecule has 2 aliphatic rings. The summed E-state index contributed by atoms with van der Waals surface area (Å²) in [5.41, 5.74) is 0. The van der Waals surface area contributed by atoms with Crippen LogP contribution in [0.3, 0.4) is 0 Å².